The number of aromatic amines is 1. The zero-order valence-corrected chi connectivity index (χ0v) is 13.0. The highest BCUT2D eigenvalue weighted by atomic mass is 16.2. The van der Waals surface area contributed by atoms with Crippen LogP contribution in [0.3, 0.4) is 0 Å². The molecule has 0 saturated carbocycles. The second kappa shape index (κ2) is 6.37. The molecular formula is C16H20N4O3. The summed E-state index contributed by atoms with van der Waals surface area (Å²) in [5.41, 5.74) is 0.347. The van der Waals surface area contributed by atoms with Crippen molar-refractivity contribution in [3.63, 3.8) is 0 Å². The van der Waals surface area contributed by atoms with Crippen LogP contribution in [0.25, 0.3) is 11.0 Å². The maximum Gasteiger partial charge on any atom is 0.316 e. The van der Waals surface area contributed by atoms with Crippen molar-refractivity contribution in [3.8, 4) is 0 Å². The van der Waals surface area contributed by atoms with Crippen molar-refractivity contribution in [2.45, 2.75) is 32.4 Å². The van der Waals surface area contributed by atoms with Gasteiger partial charge < -0.3 is 20.2 Å². The van der Waals surface area contributed by atoms with Crippen molar-refractivity contribution in [1.82, 2.24) is 20.2 Å². The molecule has 0 radical (unpaired) electrons. The number of aromatic nitrogens is 2. The number of hydrogen-bond acceptors (Lipinski definition) is 4. The first-order valence-electron chi connectivity index (χ1n) is 7.88. The predicted octanol–water partition coefficient (Wildman–Crippen LogP) is 0.192. The summed E-state index contributed by atoms with van der Waals surface area (Å²) in [5, 5.41) is 6.27. The third-order valence-corrected chi connectivity index (χ3v) is 4.23. The summed E-state index contributed by atoms with van der Waals surface area (Å²) >= 11 is 0. The van der Waals surface area contributed by atoms with E-state index < -0.39 is 11.1 Å². The molecule has 3 N–H and O–H groups in total. The lowest BCUT2D eigenvalue weighted by molar-refractivity contribution is 0.0929. The van der Waals surface area contributed by atoms with E-state index in [0.717, 1.165) is 25.9 Å². The smallest absolute Gasteiger partial charge is 0.316 e. The molecule has 1 saturated heterocycles. The van der Waals surface area contributed by atoms with Crippen molar-refractivity contribution >= 4 is 16.9 Å². The molecule has 1 aromatic carbocycles. The first-order valence-corrected chi connectivity index (χ1v) is 7.88. The van der Waals surface area contributed by atoms with Crippen LogP contribution < -0.4 is 21.8 Å². The number of rotatable bonds is 3. The lowest BCUT2D eigenvalue weighted by Crippen LogP contribution is -2.42. The number of benzene rings is 1. The van der Waals surface area contributed by atoms with Crippen LogP contribution in [0.2, 0.25) is 0 Å². The molecule has 1 aliphatic heterocycles. The lowest BCUT2D eigenvalue weighted by Gasteiger charge is -2.23. The number of fused-ring (bicyclic) bond motifs is 1. The first-order chi connectivity index (χ1) is 11.1. The summed E-state index contributed by atoms with van der Waals surface area (Å²) in [5.74, 6) is -0.158. The van der Waals surface area contributed by atoms with Gasteiger partial charge in [-0.05, 0) is 51.1 Å². The molecule has 23 heavy (non-hydrogen) atoms. The average Bonchev–Trinajstić information content (AvgIpc) is 2.56. The molecule has 2 aromatic rings. The molecule has 1 aliphatic rings. The number of nitrogens with zero attached hydrogens (tertiary/aromatic N) is 1. The van der Waals surface area contributed by atoms with Gasteiger partial charge in [-0.3, -0.25) is 14.4 Å². The van der Waals surface area contributed by atoms with Crippen LogP contribution in [0.5, 0.6) is 0 Å². The van der Waals surface area contributed by atoms with E-state index in [9.17, 15) is 14.4 Å². The average molecular weight is 316 g/mol. The van der Waals surface area contributed by atoms with Crippen LogP contribution in [0.15, 0.2) is 27.8 Å². The Balaban J connectivity index is 1.93. The predicted molar refractivity (Wildman–Crippen MR) is 87.9 cm³/mol. The summed E-state index contributed by atoms with van der Waals surface area (Å²) in [6, 6.07) is 5.18. The highest BCUT2D eigenvalue weighted by Gasteiger charge is 2.17. The van der Waals surface area contributed by atoms with Gasteiger partial charge in [-0.15, -0.1) is 0 Å². The molecule has 0 unspecified atom stereocenters. The van der Waals surface area contributed by atoms with E-state index in [2.05, 4.69) is 15.6 Å². The Hall–Kier alpha value is -2.41. The van der Waals surface area contributed by atoms with Gasteiger partial charge in [0, 0.05) is 18.2 Å². The monoisotopic (exact) mass is 316 g/mol. The van der Waals surface area contributed by atoms with Crippen LogP contribution in [0, 0.1) is 0 Å². The van der Waals surface area contributed by atoms with Gasteiger partial charge in [0.05, 0.1) is 11.0 Å². The van der Waals surface area contributed by atoms with E-state index in [0.29, 0.717) is 23.1 Å². The fraction of sp³-hybridized carbons (Fsp3) is 0.438. The summed E-state index contributed by atoms with van der Waals surface area (Å²) < 4.78 is 1.41. The number of piperidine rings is 1. The third kappa shape index (κ3) is 3.05. The van der Waals surface area contributed by atoms with Gasteiger partial charge in [-0.1, -0.05) is 0 Å². The molecule has 1 amide bonds. The van der Waals surface area contributed by atoms with Crippen LogP contribution >= 0.6 is 0 Å². The highest BCUT2D eigenvalue weighted by molar-refractivity contribution is 5.97. The Morgan fingerprint density at radius 1 is 1.30 bits per heavy atom. The molecule has 7 heteroatoms. The molecule has 0 bridgehead atoms. The minimum absolute atomic E-state index is 0.158. The van der Waals surface area contributed by atoms with Gasteiger partial charge in [0.15, 0.2) is 0 Å². The van der Waals surface area contributed by atoms with E-state index in [1.54, 1.807) is 25.1 Å². The molecular weight excluding hydrogens is 296 g/mol. The number of aryl methyl sites for hydroxylation is 1. The van der Waals surface area contributed by atoms with Crippen LogP contribution in [-0.2, 0) is 6.54 Å². The highest BCUT2D eigenvalue weighted by Crippen LogP contribution is 2.12. The second-order valence-corrected chi connectivity index (χ2v) is 5.73. The van der Waals surface area contributed by atoms with Gasteiger partial charge in [-0.2, -0.15) is 0 Å². The molecule has 122 valence electrons. The number of H-pyrrole nitrogens is 1. The minimum atomic E-state index is -0.671. The van der Waals surface area contributed by atoms with Crippen LogP contribution in [0.4, 0.5) is 0 Å². The Morgan fingerprint density at radius 3 is 2.74 bits per heavy atom. The number of nitrogens with one attached hydrogen (secondary N) is 3. The summed E-state index contributed by atoms with van der Waals surface area (Å²) in [6.45, 7) is 4.01. The van der Waals surface area contributed by atoms with E-state index in [-0.39, 0.29) is 11.9 Å². The lowest BCUT2D eigenvalue weighted by atomic mass is 10.1. The van der Waals surface area contributed by atoms with Crippen LogP contribution in [-0.4, -0.2) is 34.6 Å². The van der Waals surface area contributed by atoms with Crippen molar-refractivity contribution in [1.29, 1.82) is 0 Å². The van der Waals surface area contributed by atoms with Crippen molar-refractivity contribution in [3.05, 3.63) is 44.5 Å². The largest absolute Gasteiger partial charge is 0.349 e. The molecule has 0 aliphatic carbocycles. The van der Waals surface area contributed by atoms with Crippen LogP contribution in [0.1, 0.15) is 30.1 Å². The maximum absolute atomic E-state index is 12.4. The van der Waals surface area contributed by atoms with E-state index in [1.165, 1.54) is 4.57 Å². The van der Waals surface area contributed by atoms with Crippen molar-refractivity contribution in [2.24, 2.45) is 0 Å². The SMILES string of the molecule is CCn1c(=O)c(=O)[nH]c2cc(C(=O)NC3CCNCC3)ccc21. The number of hydrogen-bond donors (Lipinski definition) is 3. The van der Waals surface area contributed by atoms with E-state index >= 15 is 0 Å². The second-order valence-electron chi connectivity index (χ2n) is 5.73. The standard InChI is InChI=1S/C16H20N4O3/c1-2-20-13-4-3-10(9-12(13)19-15(22)16(20)23)14(21)18-11-5-7-17-8-6-11/h3-4,9,11,17H,2,5-8H2,1H3,(H,18,21)(H,19,22). The van der Waals surface area contributed by atoms with Crippen molar-refractivity contribution < 1.29 is 4.79 Å². The molecule has 2 heterocycles. The number of amides is 1. The molecule has 3 rings (SSSR count). The Bertz CT molecular complexity index is 847. The normalized spacial score (nSPS) is 15.7. The molecule has 7 nitrogen and oxygen atoms in total. The Kier molecular flexibility index (Phi) is 4.29. The van der Waals surface area contributed by atoms with Gasteiger partial charge in [0.2, 0.25) is 0 Å². The number of carbonyl (C=O) groups excluding carboxylic acids is 1. The summed E-state index contributed by atoms with van der Waals surface area (Å²) in [7, 11) is 0. The first kappa shape index (κ1) is 15.5. The Labute approximate surface area is 132 Å². The topological polar surface area (TPSA) is 96.0 Å². The fourth-order valence-electron chi connectivity index (χ4n) is 2.97. The molecule has 1 aromatic heterocycles. The molecule has 1 fully saturated rings. The van der Waals surface area contributed by atoms with Crippen molar-refractivity contribution in [2.75, 3.05) is 13.1 Å². The molecule has 0 spiro atoms. The zero-order chi connectivity index (χ0) is 16.4. The van der Waals surface area contributed by atoms with Gasteiger partial charge in [0.1, 0.15) is 0 Å². The van der Waals surface area contributed by atoms with Gasteiger partial charge >= 0.3 is 11.1 Å². The Morgan fingerprint density at radius 2 is 2.04 bits per heavy atom. The zero-order valence-electron chi connectivity index (χ0n) is 13.0. The fourth-order valence-corrected chi connectivity index (χ4v) is 2.97. The number of carbonyl (C=O) groups is 1. The van der Waals surface area contributed by atoms with Gasteiger partial charge in [-0.25, -0.2) is 0 Å². The van der Waals surface area contributed by atoms with Gasteiger partial charge in [0.25, 0.3) is 5.91 Å². The maximum atomic E-state index is 12.4. The third-order valence-electron chi connectivity index (χ3n) is 4.23. The van der Waals surface area contributed by atoms with E-state index in [1.807, 2.05) is 0 Å². The summed E-state index contributed by atoms with van der Waals surface area (Å²) in [4.78, 5) is 38.5. The van der Waals surface area contributed by atoms with E-state index in [4.69, 9.17) is 0 Å². The quantitative estimate of drug-likeness (QED) is 0.705. The summed E-state index contributed by atoms with van der Waals surface area (Å²) in [6.07, 6.45) is 1.82. The minimum Gasteiger partial charge on any atom is -0.349 e. The molecule has 0 atom stereocenters.